The van der Waals surface area contributed by atoms with Crippen molar-refractivity contribution in [2.24, 2.45) is 5.84 Å². The first-order valence-electron chi connectivity index (χ1n) is 5.51. The summed E-state index contributed by atoms with van der Waals surface area (Å²) in [6.45, 7) is 1.28. The Morgan fingerprint density at radius 1 is 1.56 bits per heavy atom. The Labute approximate surface area is 95.7 Å². The minimum atomic E-state index is -0.0186. The lowest BCUT2D eigenvalue weighted by Crippen LogP contribution is -2.45. The van der Waals surface area contributed by atoms with Gasteiger partial charge in [0.05, 0.1) is 19.3 Å². The van der Waals surface area contributed by atoms with Crippen LogP contribution in [-0.2, 0) is 15.9 Å². The fourth-order valence-electron chi connectivity index (χ4n) is 2.16. The van der Waals surface area contributed by atoms with Gasteiger partial charge in [-0.05, 0) is 17.5 Å². The van der Waals surface area contributed by atoms with E-state index < -0.39 is 0 Å². The molecule has 0 saturated carbocycles. The number of hydrazine groups is 1. The van der Waals surface area contributed by atoms with Gasteiger partial charge in [-0.15, -0.1) is 0 Å². The van der Waals surface area contributed by atoms with Crippen LogP contribution in [0.1, 0.15) is 17.2 Å². The van der Waals surface area contributed by atoms with Gasteiger partial charge >= 0.3 is 0 Å². The van der Waals surface area contributed by atoms with E-state index in [-0.39, 0.29) is 12.1 Å². The molecule has 88 valence electrons. The van der Waals surface area contributed by atoms with Gasteiger partial charge in [0.15, 0.2) is 0 Å². The van der Waals surface area contributed by atoms with Crippen LogP contribution in [0.15, 0.2) is 24.3 Å². The topological polar surface area (TPSA) is 56.5 Å². The van der Waals surface area contributed by atoms with E-state index in [0.29, 0.717) is 6.61 Å². The predicted molar refractivity (Wildman–Crippen MR) is 61.8 cm³/mol. The second-order valence-electron chi connectivity index (χ2n) is 3.97. The van der Waals surface area contributed by atoms with Crippen molar-refractivity contribution in [1.29, 1.82) is 0 Å². The SMILES string of the molecule is COCC(NN)C1OCCc2ccccc21. The Hall–Kier alpha value is -0.940. The van der Waals surface area contributed by atoms with Gasteiger partial charge in [-0.25, -0.2) is 0 Å². The van der Waals surface area contributed by atoms with Crippen LogP contribution in [-0.4, -0.2) is 26.4 Å². The van der Waals surface area contributed by atoms with E-state index in [9.17, 15) is 0 Å². The van der Waals surface area contributed by atoms with Crippen molar-refractivity contribution < 1.29 is 9.47 Å². The average Bonchev–Trinajstić information content (AvgIpc) is 2.35. The summed E-state index contributed by atoms with van der Waals surface area (Å²) in [6, 6.07) is 8.32. The van der Waals surface area contributed by atoms with Crippen LogP contribution in [0.2, 0.25) is 0 Å². The summed E-state index contributed by atoms with van der Waals surface area (Å²) in [4.78, 5) is 0. The molecule has 0 saturated heterocycles. The number of fused-ring (bicyclic) bond motifs is 1. The monoisotopic (exact) mass is 222 g/mol. The molecule has 4 nitrogen and oxygen atoms in total. The van der Waals surface area contributed by atoms with E-state index >= 15 is 0 Å². The van der Waals surface area contributed by atoms with Crippen LogP contribution in [0, 0.1) is 0 Å². The van der Waals surface area contributed by atoms with Gasteiger partial charge in [-0.1, -0.05) is 24.3 Å². The Bertz CT molecular complexity index is 344. The molecule has 0 bridgehead atoms. The molecule has 1 heterocycles. The van der Waals surface area contributed by atoms with E-state index in [4.69, 9.17) is 15.3 Å². The lowest BCUT2D eigenvalue weighted by molar-refractivity contribution is -0.00615. The predicted octanol–water partition coefficient (Wildman–Crippen LogP) is 0.779. The zero-order valence-electron chi connectivity index (χ0n) is 9.48. The number of ether oxygens (including phenoxy) is 2. The summed E-state index contributed by atoms with van der Waals surface area (Å²) in [5.41, 5.74) is 5.32. The van der Waals surface area contributed by atoms with E-state index in [1.165, 1.54) is 11.1 Å². The molecule has 1 aliphatic heterocycles. The molecular weight excluding hydrogens is 204 g/mol. The molecule has 1 aromatic carbocycles. The molecule has 2 atom stereocenters. The lowest BCUT2D eigenvalue weighted by Gasteiger charge is -2.31. The molecule has 3 N–H and O–H groups in total. The van der Waals surface area contributed by atoms with Crippen molar-refractivity contribution in [3.05, 3.63) is 35.4 Å². The number of hydrogen-bond donors (Lipinski definition) is 2. The van der Waals surface area contributed by atoms with Gasteiger partial charge in [-0.2, -0.15) is 0 Å². The van der Waals surface area contributed by atoms with E-state index in [1.807, 2.05) is 6.07 Å². The highest BCUT2D eigenvalue weighted by Gasteiger charge is 2.27. The van der Waals surface area contributed by atoms with Gasteiger partial charge in [0.25, 0.3) is 0 Å². The van der Waals surface area contributed by atoms with E-state index in [2.05, 4.69) is 23.6 Å². The second-order valence-corrected chi connectivity index (χ2v) is 3.97. The van der Waals surface area contributed by atoms with Crippen molar-refractivity contribution in [3.63, 3.8) is 0 Å². The third-order valence-electron chi connectivity index (χ3n) is 2.96. The molecule has 1 aliphatic rings. The number of rotatable bonds is 4. The molecule has 1 aromatic rings. The van der Waals surface area contributed by atoms with Crippen molar-refractivity contribution >= 4 is 0 Å². The fraction of sp³-hybridized carbons (Fsp3) is 0.500. The molecular formula is C12H18N2O2. The molecule has 0 radical (unpaired) electrons. The number of benzene rings is 1. The quantitative estimate of drug-likeness (QED) is 0.584. The first kappa shape index (κ1) is 11.5. The smallest absolute Gasteiger partial charge is 0.102 e. The molecule has 2 rings (SSSR count). The number of nitrogens with two attached hydrogens (primary N) is 1. The summed E-state index contributed by atoms with van der Waals surface area (Å²) in [5.74, 6) is 5.54. The van der Waals surface area contributed by atoms with E-state index in [0.717, 1.165) is 13.0 Å². The largest absolute Gasteiger partial charge is 0.383 e. The molecule has 0 amide bonds. The summed E-state index contributed by atoms with van der Waals surface area (Å²) >= 11 is 0. The van der Waals surface area contributed by atoms with Crippen LogP contribution in [0.3, 0.4) is 0 Å². The highest BCUT2D eigenvalue weighted by Crippen LogP contribution is 2.29. The lowest BCUT2D eigenvalue weighted by atomic mass is 9.94. The molecule has 2 unspecified atom stereocenters. The third-order valence-corrected chi connectivity index (χ3v) is 2.96. The third kappa shape index (κ3) is 2.25. The summed E-state index contributed by atoms with van der Waals surface area (Å²) in [6.07, 6.45) is 0.951. The fourth-order valence-corrected chi connectivity index (χ4v) is 2.16. The molecule has 0 spiro atoms. The Kier molecular flexibility index (Phi) is 3.90. The maximum atomic E-state index is 5.79. The number of nitrogens with one attached hydrogen (secondary N) is 1. The maximum absolute atomic E-state index is 5.79. The molecule has 0 fully saturated rings. The number of hydrogen-bond acceptors (Lipinski definition) is 4. The summed E-state index contributed by atoms with van der Waals surface area (Å²) in [5, 5.41) is 0. The van der Waals surface area contributed by atoms with Crippen LogP contribution in [0.5, 0.6) is 0 Å². The van der Waals surface area contributed by atoms with Gasteiger partial charge < -0.3 is 9.47 Å². The summed E-state index contributed by atoms with van der Waals surface area (Å²) in [7, 11) is 1.67. The Morgan fingerprint density at radius 2 is 2.38 bits per heavy atom. The van der Waals surface area contributed by atoms with Crippen LogP contribution in [0.25, 0.3) is 0 Å². The molecule has 0 aromatic heterocycles. The van der Waals surface area contributed by atoms with Crippen LogP contribution >= 0.6 is 0 Å². The zero-order chi connectivity index (χ0) is 11.4. The van der Waals surface area contributed by atoms with Gasteiger partial charge in [-0.3, -0.25) is 11.3 Å². The zero-order valence-corrected chi connectivity index (χ0v) is 9.48. The summed E-state index contributed by atoms with van der Waals surface area (Å²) < 4.78 is 10.9. The molecule has 4 heteroatoms. The molecule has 0 aliphatic carbocycles. The van der Waals surface area contributed by atoms with Crippen LogP contribution in [0.4, 0.5) is 0 Å². The normalized spacial score (nSPS) is 21.5. The highest BCUT2D eigenvalue weighted by atomic mass is 16.5. The standard InChI is InChI=1S/C12H18N2O2/c1-15-8-11(14-13)12-10-5-3-2-4-9(10)6-7-16-12/h2-5,11-12,14H,6-8,13H2,1H3. The minimum absolute atomic E-state index is 0.00792. The average molecular weight is 222 g/mol. The van der Waals surface area contributed by atoms with Crippen molar-refractivity contribution in [2.45, 2.75) is 18.6 Å². The van der Waals surface area contributed by atoms with Crippen molar-refractivity contribution in [3.8, 4) is 0 Å². The minimum Gasteiger partial charge on any atom is -0.383 e. The first-order chi connectivity index (χ1) is 7.86. The van der Waals surface area contributed by atoms with Gasteiger partial charge in [0.1, 0.15) is 6.10 Å². The van der Waals surface area contributed by atoms with Gasteiger partial charge in [0, 0.05) is 7.11 Å². The first-order valence-corrected chi connectivity index (χ1v) is 5.51. The maximum Gasteiger partial charge on any atom is 0.102 e. The van der Waals surface area contributed by atoms with Crippen molar-refractivity contribution in [1.82, 2.24) is 5.43 Å². The van der Waals surface area contributed by atoms with E-state index in [1.54, 1.807) is 7.11 Å². The van der Waals surface area contributed by atoms with Crippen molar-refractivity contribution in [2.75, 3.05) is 20.3 Å². The Morgan fingerprint density at radius 3 is 3.12 bits per heavy atom. The Balaban J connectivity index is 2.23. The molecule has 16 heavy (non-hydrogen) atoms. The van der Waals surface area contributed by atoms with Gasteiger partial charge in [0.2, 0.25) is 0 Å². The highest BCUT2D eigenvalue weighted by molar-refractivity contribution is 5.31. The number of methoxy groups -OCH3 is 1. The van der Waals surface area contributed by atoms with Crippen LogP contribution < -0.4 is 11.3 Å². The second kappa shape index (κ2) is 5.41.